The molecular formula is C16H20N2O4. The van der Waals surface area contributed by atoms with Crippen LogP contribution in [0.25, 0.3) is 0 Å². The molecule has 0 aromatic heterocycles. The summed E-state index contributed by atoms with van der Waals surface area (Å²) in [7, 11) is 0. The lowest BCUT2D eigenvalue weighted by Crippen LogP contribution is -2.52. The Morgan fingerprint density at radius 1 is 1.18 bits per heavy atom. The molecule has 1 fully saturated rings. The number of carboxylic acids is 1. The van der Waals surface area contributed by atoms with Crippen molar-refractivity contribution >= 4 is 17.6 Å². The predicted octanol–water partition coefficient (Wildman–Crippen LogP) is 1.35. The summed E-state index contributed by atoms with van der Waals surface area (Å²) in [6.07, 6.45) is 2.57. The zero-order chi connectivity index (χ0) is 15.5. The maximum atomic E-state index is 12.6. The average Bonchev–Trinajstić information content (AvgIpc) is 2.54. The molecule has 0 aliphatic carbocycles. The SMILES string of the molecule is O=C(O)CN1CC(C(=O)N2CCCCC2)Oc2ccccc21. The van der Waals surface area contributed by atoms with Crippen molar-refractivity contribution in [2.75, 3.05) is 31.1 Å². The molecule has 6 nitrogen and oxygen atoms in total. The third-order valence-electron chi connectivity index (χ3n) is 4.13. The lowest BCUT2D eigenvalue weighted by molar-refractivity contribution is -0.140. The quantitative estimate of drug-likeness (QED) is 0.913. The Morgan fingerprint density at radius 2 is 1.91 bits per heavy atom. The van der Waals surface area contributed by atoms with E-state index in [-0.39, 0.29) is 19.0 Å². The highest BCUT2D eigenvalue weighted by Crippen LogP contribution is 2.33. The number of amides is 1. The van der Waals surface area contributed by atoms with Crippen molar-refractivity contribution in [3.8, 4) is 5.75 Å². The van der Waals surface area contributed by atoms with Gasteiger partial charge in [-0.3, -0.25) is 9.59 Å². The van der Waals surface area contributed by atoms with Gasteiger partial charge in [0.1, 0.15) is 12.3 Å². The topological polar surface area (TPSA) is 70.1 Å². The third-order valence-corrected chi connectivity index (χ3v) is 4.13. The van der Waals surface area contributed by atoms with Gasteiger partial charge in [0.2, 0.25) is 0 Å². The highest BCUT2D eigenvalue weighted by molar-refractivity contribution is 5.84. The summed E-state index contributed by atoms with van der Waals surface area (Å²) < 4.78 is 5.83. The molecule has 1 aromatic carbocycles. The van der Waals surface area contributed by atoms with Gasteiger partial charge in [-0.2, -0.15) is 0 Å². The molecule has 1 unspecified atom stereocenters. The van der Waals surface area contributed by atoms with Crippen molar-refractivity contribution in [3.05, 3.63) is 24.3 Å². The molecule has 0 spiro atoms. The average molecular weight is 304 g/mol. The molecule has 1 amide bonds. The van der Waals surface area contributed by atoms with Gasteiger partial charge in [0.05, 0.1) is 12.2 Å². The van der Waals surface area contributed by atoms with E-state index >= 15 is 0 Å². The number of hydrogen-bond acceptors (Lipinski definition) is 4. The fourth-order valence-electron chi connectivity index (χ4n) is 3.07. The summed E-state index contributed by atoms with van der Waals surface area (Å²) in [6.45, 7) is 1.67. The number of likely N-dealkylation sites (tertiary alicyclic amines) is 1. The Kier molecular flexibility index (Phi) is 4.18. The van der Waals surface area contributed by atoms with E-state index in [1.54, 1.807) is 11.0 Å². The fourth-order valence-corrected chi connectivity index (χ4v) is 3.07. The van der Waals surface area contributed by atoms with E-state index in [0.29, 0.717) is 5.75 Å². The monoisotopic (exact) mass is 304 g/mol. The largest absolute Gasteiger partial charge is 0.480 e. The lowest BCUT2D eigenvalue weighted by Gasteiger charge is -2.37. The number of nitrogens with zero attached hydrogens (tertiary/aromatic N) is 2. The Balaban J connectivity index is 1.79. The van der Waals surface area contributed by atoms with E-state index in [4.69, 9.17) is 9.84 Å². The minimum absolute atomic E-state index is 0.0374. The van der Waals surface area contributed by atoms with Gasteiger partial charge in [0.25, 0.3) is 5.91 Å². The minimum atomic E-state index is -0.916. The highest BCUT2D eigenvalue weighted by Gasteiger charge is 2.34. The Labute approximate surface area is 129 Å². The first-order valence-electron chi connectivity index (χ1n) is 7.66. The molecule has 2 aliphatic rings. The van der Waals surface area contributed by atoms with Gasteiger partial charge in [-0.15, -0.1) is 0 Å². The molecule has 2 heterocycles. The second-order valence-electron chi connectivity index (χ2n) is 5.73. The number of rotatable bonds is 3. The van der Waals surface area contributed by atoms with Crippen LogP contribution in [0.3, 0.4) is 0 Å². The molecule has 118 valence electrons. The van der Waals surface area contributed by atoms with Crippen molar-refractivity contribution in [2.45, 2.75) is 25.4 Å². The van der Waals surface area contributed by atoms with E-state index in [1.165, 1.54) is 0 Å². The normalized spacial score (nSPS) is 21.0. The van der Waals surface area contributed by atoms with Crippen LogP contribution in [0.5, 0.6) is 5.75 Å². The van der Waals surface area contributed by atoms with Crippen molar-refractivity contribution in [1.82, 2.24) is 4.90 Å². The number of carbonyl (C=O) groups is 2. The van der Waals surface area contributed by atoms with Crippen LogP contribution in [-0.4, -0.2) is 54.2 Å². The maximum absolute atomic E-state index is 12.6. The standard InChI is InChI=1S/C16H20N2O4/c19-15(20)11-18-10-14(16(21)17-8-4-1-5-9-17)22-13-7-3-2-6-12(13)18/h2-3,6-7,14H,1,4-5,8-11H2,(H,19,20). The molecule has 1 N–H and O–H groups in total. The molecule has 0 radical (unpaired) electrons. The summed E-state index contributed by atoms with van der Waals surface area (Å²) in [5.41, 5.74) is 0.729. The number of fused-ring (bicyclic) bond motifs is 1. The number of carbonyl (C=O) groups excluding carboxylic acids is 1. The Bertz CT molecular complexity index is 569. The fraction of sp³-hybridized carbons (Fsp3) is 0.500. The van der Waals surface area contributed by atoms with Crippen LogP contribution in [-0.2, 0) is 9.59 Å². The van der Waals surface area contributed by atoms with Gasteiger partial charge >= 0.3 is 5.97 Å². The summed E-state index contributed by atoms with van der Waals surface area (Å²) >= 11 is 0. The Hall–Kier alpha value is -2.24. The van der Waals surface area contributed by atoms with Crippen molar-refractivity contribution in [3.63, 3.8) is 0 Å². The van der Waals surface area contributed by atoms with Gasteiger partial charge in [-0.1, -0.05) is 12.1 Å². The molecule has 3 rings (SSSR count). The Morgan fingerprint density at radius 3 is 2.64 bits per heavy atom. The van der Waals surface area contributed by atoms with Crippen LogP contribution < -0.4 is 9.64 Å². The van der Waals surface area contributed by atoms with Gasteiger partial charge in [-0.25, -0.2) is 0 Å². The number of anilines is 1. The van der Waals surface area contributed by atoms with Crippen molar-refractivity contribution in [2.24, 2.45) is 0 Å². The van der Waals surface area contributed by atoms with Crippen molar-refractivity contribution < 1.29 is 19.4 Å². The summed E-state index contributed by atoms with van der Waals surface area (Å²) in [5.74, 6) is -0.379. The van der Waals surface area contributed by atoms with E-state index in [2.05, 4.69) is 0 Å². The first-order valence-corrected chi connectivity index (χ1v) is 7.66. The van der Waals surface area contributed by atoms with Gasteiger partial charge in [0.15, 0.2) is 6.10 Å². The molecule has 0 bridgehead atoms. The second-order valence-corrected chi connectivity index (χ2v) is 5.73. The van der Waals surface area contributed by atoms with E-state index in [0.717, 1.165) is 38.0 Å². The summed E-state index contributed by atoms with van der Waals surface area (Å²) in [6, 6.07) is 7.26. The zero-order valence-corrected chi connectivity index (χ0v) is 12.4. The molecule has 1 aromatic rings. The number of aliphatic carboxylic acids is 1. The predicted molar refractivity (Wildman–Crippen MR) is 81.1 cm³/mol. The van der Waals surface area contributed by atoms with Crippen LogP contribution >= 0.6 is 0 Å². The number of carboxylic acid groups (broad SMARTS) is 1. The third kappa shape index (κ3) is 3.00. The second kappa shape index (κ2) is 6.25. The van der Waals surface area contributed by atoms with Gasteiger partial charge < -0.3 is 19.6 Å². The van der Waals surface area contributed by atoms with Gasteiger partial charge in [-0.05, 0) is 31.4 Å². The van der Waals surface area contributed by atoms with Crippen LogP contribution in [0.2, 0.25) is 0 Å². The maximum Gasteiger partial charge on any atom is 0.323 e. The first kappa shape index (κ1) is 14.7. The first-order chi connectivity index (χ1) is 10.6. The van der Waals surface area contributed by atoms with Gasteiger partial charge in [0, 0.05) is 13.1 Å². The molecular weight excluding hydrogens is 284 g/mol. The summed E-state index contributed by atoms with van der Waals surface area (Å²) in [5, 5.41) is 9.09. The molecule has 6 heteroatoms. The highest BCUT2D eigenvalue weighted by atomic mass is 16.5. The molecule has 22 heavy (non-hydrogen) atoms. The molecule has 0 saturated carbocycles. The number of para-hydroxylation sites is 2. The molecule has 1 saturated heterocycles. The van der Waals surface area contributed by atoms with Crippen molar-refractivity contribution in [1.29, 1.82) is 0 Å². The smallest absolute Gasteiger partial charge is 0.323 e. The zero-order valence-electron chi connectivity index (χ0n) is 12.4. The van der Waals surface area contributed by atoms with E-state index < -0.39 is 12.1 Å². The van der Waals surface area contributed by atoms with Crippen LogP contribution in [0.1, 0.15) is 19.3 Å². The van der Waals surface area contributed by atoms with E-state index in [1.807, 2.05) is 23.1 Å². The lowest BCUT2D eigenvalue weighted by atomic mass is 10.1. The molecule has 1 atom stereocenters. The van der Waals surface area contributed by atoms with Crippen LogP contribution in [0.15, 0.2) is 24.3 Å². The minimum Gasteiger partial charge on any atom is -0.480 e. The van der Waals surface area contributed by atoms with E-state index in [9.17, 15) is 9.59 Å². The van der Waals surface area contributed by atoms with Crippen LogP contribution in [0, 0.1) is 0 Å². The number of piperidine rings is 1. The van der Waals surface area contributed by atoms with Crippen LogP contribution in [0.4, 0.5) is 5.69 Å². The number of hydrogen-bond donors (Lipinski definition) is 1. The summed E-state index contributed by atoms with van der Waals surface area (Å²) in [4.78, 5) is 27.2. The number of benzene rings is 1. The molecule has 2 aliphatic heterocycles. The number of ether oxygens (including phenoxy) is 1.